The van der Waals surface area contributed by atoms with Gasteiger partial charge in [-0.25, -0.2) is 0 Å². The second kappa shape index (κ2) is 6.61. The fraction of sp³-hybridized carbons (Fsp3) is 0.438. The first kappa shape index (κ1) is 13.9. The molecule has 1 N–H and O–H groups in total. The van der Waals surface area contributed by atoms with Crippen LogP contribution in [0, 0.1) is 3.57 Å². The van der Waals surface area contributed by atoms with Gasteiger partial charge in [0.05, 0.1) is 18.3 Å². The largest absolute Gasteiger partial charge is 0.379 e. The van der Waals surface area contributed by atoms with E-state index in [4.69, 9.17) is 5.10 Å². The van der Waals surface area contributed by atoms with Crippen molar-refractivity contribution in [1.29, 1.82) is 0 Å². The van der Waals surface area contributed by atoms with E-state index in [1.807, 2.05) is 0 Å². The lowest BCUT2D eigenvalue weighted by molar-refractivity contribution is 0.328. The van der Waals surface area contributed by atoms with Gasteiger partial charge in [-0.05, 0) is 65.8 Å². The molecular formula is C16H20IN3. The van der Waals surface area contributed by atoms with Gasteiger partial charge in [0.15, 0.2) is 0 Å². The summed E-state index contributed by atoms with van der Waals surface area (Å²) in [6.45, 7) is 0.792. The van der Waals surface area contributed by atoms with E-state index in [1.54, 1.807) is 0 Å². The number of benzene rings is 1. The molecule has 0 bridgehead atoms. The highest BCUT2D eigenvalue weighted by molar-refractivity contribution is 14.1. The third-order valence-corrected chi connectivity index (χ3v) is 4.65. The van der Waals surface area contributed by atoms with E-state index < -0.39 is 0 Å². The summed E-state index contributed by atoms with van der Waals surface area (Å²) in [6.07, 6.45) is 8.79. The van der Waals surface area contributed by atoms with Gasteiger partial charge in [-0.3, -0.25) is 4.68 Å². The average Bonchev–Trinajstić information content (AvgIpc) is 2.97. The topological polar surface area (TPSA) is 29.9 Å². The maximum Gasteiger partial charge on any atom is 0.0815 e. The normalized spacial score (nSPS) is 16.2. The van der Waals surface area contributed by atoms with Gasteiger partial charge >= 0.3 is 0 Å². The van der Waals surface area contributed by atoms with Crippen LogP contribution in [-0.4, -0.2) is 9.78 Å². The summed E-state index contributed by atoms with van der Waals surface area (Å²) < 4.78 is 3.43. The predicted octanol–water partition coefficient (Wildman–Crippen LogP) is 4.61. The lowest BCUT2D eigenvalue weighted by Gasteiger charge is -2.21. The molecule has 0 amide bonds. The number of anilines is 1. The van der Waals surface area contributed by atoms with E-state index in [9.17, 15) is 0 Å². The van der Waals surface area contributed by atoms with Crippen molar-refractivity contribution in [3.8, 4) is 0 Å². The second-order valence-corrected chi connectivity index (χ2v) is 6.68. The first-order valence-corrected chi connectivity index (χ1v) is 8.42. The number of nitrogens with zero attached hydrogens (tertiary/aromatic N) is 2. The van der Waals surface area contributed by atoms with Gasteiger partial charge in [0.25, 0.3) is 0 Å². The molecule has 3 nitrogen and oxygen atoms in total. The van der Waals surface area contributed by atoms with Crippen LogP contribution in [0.3, 0.4) is 0 Å². The summed E-state index contributed by atoms with van der Waals surface area (Å²) in [5, 5.41) is 8.14. The lowest BCUT2D eigenvalue weighted by Crippen LogP contribution is -2.13. The van der Waals surface area contributed by atoms with Crippen LogP contribution in [0.4, 0.5) is 5.69 Å². The van der Waals surface area contributed by atoms with E-state index in [-0.39, 0.29) is 0 Å². The van der Waals surface area contributed by atoms with Crippen molar-refractivity contribution in [2.24, 2.45) is 0 Å². The van der Waals surface area contributed by atoms with Crippen molar-refractivity contribution in [3.05, 3.63) is 45.8 Å². The zero-order valence-corrected chi connectivity index (χ0v) is 13.7. The first-order valence-electron chi connectivity index (χ1n) is 7.35. The monoisotopic (exact) mass is 381 g/mol. The molecule has 1 aliphatic rings. The summed E-state index contributed by atoms with van der Waals surface area (Å²) in [4.78, 5) is 0. The molecule has 1 saturated carbocycles. The minimum atomic E-state index is 0.621. The van der Waals surface area contributed by atoms with E-state index in [0.29, 0.717) is 6.04 Å². The molecule has 106 valence electrons. The van der Waals surface area contributed by atoms with Crippen LogP contribution in [0.1, 0.15) is 43.8 Å². The van der Waals surface area contributed by atoms with Crippen LogP contribution in [0.25, 0.3) is 0 Å². The zero-order valence-electron chi connectivity index (χ0n) is 11.6. The summed E-state index contributed by atoms with van der Waals surface area (Å²) in [5.41, 5.74) is 2.27. The Kier molecular flexibility index (Phi) is 4.60. The molecule has 0 radical (unpaired) electrons. The van der Waals surface area contributed by atoms with Crippen molar-refractivity contribution in [2.75, 3.05) is 5.32 Å². The molecule has 0 atom stereocenters. The maximum absolute atomic E-state index is 4.72. The van der Waals surface area contributed by atoms with Crippen molar-refractivity contribution >= 4 is 28.3 Å². The SMILES string of the molecule is Ic1ccc(NCc2ccn(C3CCCCC3)n2)cc1. The van der Waals surface area contributed by atoms with E-state index in [1.165, 1.54) is 35.7 Å². The Morgan fingerprint density at radius 1 is 1.10 bits per heavy atom. The molecule has 20 heavy (non-hydrogen) atoms. The molecule has 0 unspecified atom stereocenters. The molecule has 2 aromatic rings. The average molecular weight is 381 g/mol. The van der Waals surface area contributed by atoms with Gasteiger partial charge in [0.2, 0.25) is 0 Å². The molecular weight excluding hydrogens is 361 g/mol. The quantitative estimate of drug-likeness (QED) is 0.785. The molecule has 1 fully saturated rings. The highest BCUT2D eigenvalue weighted by atomic mass is 127. The Labute approximate surface area is 133 Å². The number of halogens is 1. The third-order valence-electron chi connectivity index (χ3n) is 3.93. The fourth-order valence-electron chi connectivity index (χ4n) is 2.78. The Bertz CT molecular complexity index is 541. The Morgan fingerprint density at radius 2 is 1.85 bits per heavy atom. The molecule has 1 aromatic heterocycles. The summed E-state index contributed by atoms with van der Waals surface area (Å²) in [7, 11) is 0. The number of aromatic nitrogens is 2. The predicted molar refractivity (Wildman–Crippen MR) is 90.8 cm³/mol. The van der Waals surface area contributed by atoms with Crippen molar-refractivity contribution < 1.29 is 0 Å². The van der Waals surface area contributed by atoms with Gasteiger partial charge in [-0.15, -0.1) is 0 Å². The molecule has 0 saturated heterocycles. The highest BCUT2D eigenvalue weighted by Gasteiger charge is 2.15. The highest BCUT2D eigenvalue weighted by Crippen LogP contribution is 2.27. The standard InChI is InChI=1S/C16H20IN3/c17-13-6-8-14(9-7-13)18-12-15-10-11-20(19-15)16-4-2-1-3-5-16/h6-11,16,18H,1-5,12H2. The van der Waals surface area contributed by atoms with Crippen molar-refractivity contribution in [2.45, 2.75) is 44.7 Å². The number of rotatable bonds is 4. The summed E-state index contributed by atoms with van der Waals surface area (Å²) >= 11 is 2.32. The van der Waals surface area contributed by atoms with Crippen LogP contribution in [0.2, 0.25) is 0 Å². The van der Waals surface area contributed by atoms with E-state index >= 15 is 0 Å². The molecule has 1 heterocycles. The van der Waals surface area contributed by atoms with E-state index in [0.717, 1.165) is 17.9 Å². The fourth-order valence-corrected chi connectivity index (χ4v) is 3.14. The van der Waals surface area contributed by atoms with Crippen molar-refractivity contribution in [1.82, 2.24) is 9.78 Å². The van der Waals surface area contributed by atoms with Crippen molar-refractivity contribution in [3.63, 3.8) is 0 Å². The summed E-state index contributed by atoms with van der Waals surface area (Å²) in [5.74, 6) is 0. The van der Waals surface area contributed by atoms with Gasteiger partial charge in [0, 0.05) is 15.5 Å². The van der Waals surface area contributed by atoms with Gasteiger partial charge in [-0.2, -0.15) is 5.10 Å². The minimum absolute atomic E-state index is 0.621. The van der Waals surface area contributed by atoms with Crippen LogP contribution >= 0.6 is 22.6 Å². The van der Waals surface area contributed by atoms with E-state index in [2.05, 4.69) is 69.1 Å². The smallest absolute Gasteiger partial charge is 0.0815 e. The van der Waals surface area contributed by atoms with Gasteiger partial charge < -0.3 is 5.32 Å². The Balaban J connectivity index is 1.58. The molecule has 1 aromatic carbocycles. The second-order valence-electron chi connectivity index (χ2n) is 5.44. The molecule has 0 aliphatic heterocycles. The van der Waals surface area contributed by atoms with Crippen LogP contribution in [0.15, 0.2) is 36.5 Å². The Morgan fingerprint density at radius 3 is 2.60 bits per heavy atom. The Hall–Kier alpha value is -1.04. The maximum atomic E-state index is 4.72. The molecule has 3 rings (SSSR count). The van der Waals surface area contributed by atoms with Gasteiger partial charge in [-0.1, -0.05) is 19.3 Å². The molecule has 1 aliphatic carbocycles. The number of nitrogens with one attached hydrogen (secondary N) is 1. The van der Waals surface area contributed by atoms with Gasteiger partial charge in [0.1, 0.15) is 0 Å². The zero-order chi connectivity index (χ0) is 13.8. The number of hydrogen-bond acceptors (Lipinski definition) is 2. The third kappa shape index (κ3) is 3.53. The molecule has 4 heteroatoms. The minimum Gasteiger partial charge on any atom is -0.379 e. The lowest BCUT2D eigenvalue weighted by atomic mass is 9.96. The van der Waals surface area contributed by atoms with Crippen LogP contribution in [-0.2, 0) is 6.54 Å². The molecule has 0 spiro atoms. The van der Waals surface area contributed by atoms with Crippen LogP contribution in [0.5, 0.6) is 0 Å². The van der Waals surface area contributed by atoms with Crippen LogP contribution < -0.4 is 5.32 Å². The number of hydrogen-bond donors (Lipinski definition) is 1. The summed E-state index contributed by atoms with van der Waals surface area (Å²) in [6, 6.07) is 11.2. The first-order chi connectivity index (χ1) is 9.81.